The molecule has 6 heteroatoms. The van der Waals surface area contributed by atoms with Crippen LogP contribution in [0.4, 0.5) is 4.39 Å². The molecule has 1 aromatic carbocycles. The minimum absolute atomic E-state index is 0.0623. The van der Waals surface area contributed by atoms with Crippen LogP contribution in [0.5, 0.6) is 0 Å². The van der Waals surface area contributed by atoms with Gasteiger partial charge < -0.3 is 5.11 Å². The fraction of sp³-hybridized carbons (Fsp3) is 0.333. The minimum atomic E-state index is -1.08. The molecule has 0 aliphatic carbocycles. The van der Waals surface area contributed by atoms with Crippen molar-refractivity contribution in [3.8, 4) is 11.3 Å². The summed E-state index contributed by atoms with van der Waals surface area (Å²) in [5.74, 6) is -1.07. The van der Waals surface area contributed by atoms with E-state index in [0.717, 1.165) is 12.5 Å². The van der Waals surface area contributed by atoms with E-state index in [-0.39, 0.29) is 16.3 Å². The summed E-state index contributed by atoms with van der Waals surface area (Å²) < 4.78 is 14.7. The molecule has 1 N–H and O–H groups in total. The Hall–Kier alpha value is -1.88. The van der Waals surface area contributed by atoms with Crippen LogP contribution >= 0.6 is 11.6 Å². The zero-order valence-corrected chi connectivity index (χ0v) is 12.6. The second-order valence-corrected chi connectivity index (χ2v) is 5.67. The predicted molar refractivity (Wildman–Crippen MR) is 79.0 cm³/mol. The third-order valence-electron chi connectivity index (χ3n) is 3.11. The highest BCUT2D eigenvalue weighted by atomic mass is 35.5. The van der Waals surface area contributed by atoms with Gasteiger partial charge in [0.15, 0.2) is 0 Å². The summed E-state index contributed by atoms with van der Waals surface area (Å²) in [7, 11) is 0. The number of aryl methyl sites for hydroxylation is 1. The lowest BCUT2D eigenvalue weighted by atomic mass is 10.1. The number of aromatic nitrogens is 2. The van der Waals surface area contributed by atoms with Gasteiger partial charge in [-0.05, 0) is 30.5 Å². The van der Waals surface area contributed by atoms with Gasteiger partial charge in [-0.25, -0.2) is 9.18 Å². The van der Waals surface area contributed by atoms with Gasteiger partial charge in [0.1, 0.15) is 17.1 Å². The Kier molecular flexibility index (Phi) is 4.63. The fourth-order valence-corrected chi connectivity index (χ4v) is 2.22. The van der Waals surface area contributed by atoms with E-state index in [1.54, 1.807) is 4.68 Å². The topological polar surface area (TPSA) is 55.1 Å². The normalized spacial score (nSPS) is 11.1. The Morgan fingerprint density at radius 3 is 2.76 bits per heavy atom. The van der Waals surface area contributed by atoms with Gasteiger partial charge in [0.05, 0.1) is 5.02 Å². The van der Waals surface area contributed by atoms with Crippen LogP contribution in [0, 0.1) is 11.7 Å². The molecule has 0 saturated heterocycles. The van der Waals surface area contributed by atoms with Crippen LogP contribution in [0.1, 0.15) is 30.6 Å². The van der Waals surface area contributed by atoms with E-state index in [4.69, 9.17) is 11.6 Å². The quantitative estimate of drug-likeness (QED) is 0.905. The molecular weight excluding hydrogens is 295 g/mol. The third kappa shape index (κ3) is 3.61. The molecule has 2 aromatic rings. The van der Waals surface area contributed by atoms with Gasteiger partial charge in [-0.15, -0.1) is 0 Å². The van der Waals surface area contributed by atoms with E-state index in [1.807, 2.05) is 0 Å². The standard InChI is InChI=1S/C15H16ClFN2O2/c1-9(2)5-6-19-8-12(15(20)21)14(18-19)11-4-3-10(17)7-13(11)16/h3-4,7-9H,5-6H2,1-2H3,(H,20,21). The number of hydrogen-bond donors (Lipinski definition) is 1. The molecule has 21 heavy (non-hydrogen) atoms. The molecule has 0 radical (unpaired) electrons. The number of halogens is 2. The van der Waals surface area contributed by atoms with Crippen molar-refractivity contribution < 1.29 is 14.3 Å². The van der Waals surface area contributed by atoms with Crippen molar-refractivity contribution in [2.45, 2.75) is 26.8 Å². The monoisotopic (exact) mass is 310 g/mol. The zero-order chi connectivity index (χ0) is 15.6. The minimum Gasteiger partial charge on any atom is -0.478 e. The van der Waals surface area contributed by atoms with Gasteiger partial charge in [0, 0.05) is 18.3 Å². The average molecular weight is 311 g/mol. The van der Waals surface area contributed by atoms with E-state index < -0.39 is 11.8 Å². The van der Waals surface area contributed by atoms with Gasteiger partial charge in [-0.2, -0.15) is 5.10 Å². The molecule has 1 heterocycles. The van der Waals surface area contributed by atoms with Crippen molar-refractivity contribution in [3.63, 3.8) is 0 Å². The van der Waals surface area contributed by atoms with Crippen molar-refractivity contribution in [2.75, 3.05) is 0 Å². The molecule has 4 nitrogen and oxygen atoms in total. The number of rotatable bonds is 5. The number of carbonyl (C=O) groups is 1. The summed E-state index contributed by atoms with van der Waals surface area (Å²) in [4.78, 5) is 11.4. The number of carboxylic acid groups (broad SMARTS) is 1. The van der Waals surface area contributed by atoms with Gasteiger partial charge in [0.25, 0.3) is 0 Å². The molecule has 0 atom stereocenters. The predicted octanol–water partition coefficient (Wildman–Crippen LogP) is 4.09. The van der Waals surface area contributed by atoms with Crippen molar-refractivity contribution in [1.82, 2.24) is 9.78 Å². The lowest BCUT2D eigenvalue weighted by Crippen LogP contribution is -2.02. The average Bonchev–Trinajstić information content (AvgIpc) is 2.80. The molecule has 2 rings (SSSR count). The fourth-order valence-electron chi connectivity index (χ4n) is 1.96. The zero-order valence-electron chi connectivity index (χ0n) is 11.8. The summed E-state index contributed by atoms with van der Waals surface area (Å²) in [6.45, 7) is 4.79. The summed E-state index contributed by atoms with van der Waals surface area (Å²) in [5, 5.41) is 13.7. The molecule has 0 aliphatic heterocycles. The Bertz CT molecular complexity index is 668. The number of nitrogens with zero attached hydrogens (tertiary/aromatic N) is 2. The second kappa shape index (κ2) is 6.26. The second-order valence-electron chi connectivity index (χ2n) is 5.27. The van der Waals surface area contributed by atoms with Gasteiger partial charge >= 0.3 is 5.97 Å². The Balaban J connectivity index is 2.43. The summed E-state index contributed by atoms with van der Waals surface area (Å²) in [6, 6.07) is 3.83. The van der Waals surface area contributed by atoms with Crippen LogP contribution in [0.2, 0.25) is 5.02 Å². The number of hydrogen-bond acceptors (Lipinski definition) is 2. The largest absolute Gasteiger partial charge is 0.478 e. The van der Waals surface area contributed by atoms with Crippen molar-refractivity contribution in [1.29, 1.82) is 0 Å². The lowest BCUT2D eigenvalue weighted by Gasteiger charge is -2.04. The first-order chi connectivity index (χ1) is 9.88. The molecule has 0 spiro atoms. The molecule has 0 fully saturated rings. The maximum absolute atomic E-state index is 13.1. The molecule has 0 unspecified atom stereocenters. The molecule has 112 valence electrons. The molecule has 0 bridgehead atoms. The van der Waals surface area contributed by atoms with Gasteiger partial charge in [-0.3, -0.25) is 4.68 Å². The van der Waals surface area contributed by atoms with Gasteiger partial charge in [-0.1, -0.05) is 25.4 Å². The highest BCUT2D eigenvalue weighted by Crippen LogP contribution is 2.30. The maximum atomic E-state index is 13.1. The number of benzene rings is 1. The molecular formula is C15H16ClFN2O2. The number of aromatic carboxylic acids is 1. The van der Waals surface area contributed by atoms with Crippen LogP contribution in [0.15, 0.2) is 24.4 Å². The molecule has 0 aliphatic rings. The van der Waals surface area contributed by atoms with Crippen LogP contribution in [-0.4, -0.2) is 20.9 Å². The van der Waals surface area contributed by atoms with Crippen LogP contribution in [0.25, 0.3) is 11.3 Å². The molecule has 1 aromatic heterocycles. The Labute approximate surface area is 127 Å². The highest BCUT2D eigenvalue weighted by Gasteiger charge is 2.19. The van der Waals surface area contributed by atoms with Crippen LogP contribution in [-0.2, 0) is 6.54 Å². The Morgan fingerprint density at radius 2 is 2.19 bits per heavy atom. The van der Waals surface area contributed by atoms with E-state index in [2.05, 4.69) is 18.9 Å². The highest BCUT2D eigenvalue weighted by molar-refractivity contribution is 6.33. The van der Waals surface area contributed by atoms with Crippen LogP contribution < -0.4 is 0 Å². The first-order valence-corrected chi connectivity index (χ1v) is 7.02. The van der Waals surface area contributed by atoms with E-state index in [1.165, 1.54) is 18.3 Å². The van der Waals surface area contributed by atoms with Crippen molar-refractivity contribution in [2.24, 2.45) is 5.92 Å². The van der Waals surface area contributed by atoms with E-state index in [9.17, 15) is 14.3 Å². The molecule has 0 saturated carbocycles. The van der Waals surface area contributed by atoms with E-state index >= 15 is 0 Å². The van der Waals surface area contributed by atoms with Gasteiger partial charge in [0.2, 0.25) is 0 Å². The van der Waals surface area contributed by atoms with Crippen molar-refractivity contribution >= 4 is 17.6 Å². The third-order valence-corrected chi connectivity index (χ3v) is 3.43. The SMILES string of the molecule is CC(C)CCn1cc(C(=O)O)c(-c2ccc(F)cc2Cl)n1. The maximum Gasteiger partial charge on any atom is 0.339 e. The summed E-state index contributed by atoms with van der Waals surface area (Å²) in [6.07, 6.45) is 2.37. The van der Waals surface area contributed by atoms with Crippen molar-refractivity contribution in [3.05, 3.63) is 40.8 Å². The number of carboxylic acids is 1. The molecule has 0 amide bonds. The van der Waals surface area contributed by atoms with Crippen LogP contribution in [0.3, 0.4) is 0 Å². The summed E-state index contributed by atoms with van der Waals surface area (Å²) in [5.41, 5.74) is 0.738. The lowest BCUT2D eigenvalue weighted by molar-refractivity contribution is 0.0697. The Morgan fingerprint density at radius 1 is 1.48 bits per heavy atom. The first kappa shape index (κ1) is 15.5. The summed E-state index contributed by atoms with van der Waals surface area (Å²) >= 11 is 6.00. The smallest absolute Gasteiger partial charge is 0.339 e. The first-order valence-electron chi connectivity index (χ1n) is 6.64. The van der Waals surface area contributed by atoms with E-state index in [0.29, 0.717) is 18.0 Å².